The van der Waals surface area contributed by atoms with Crippen LogP contribution < -0.4 is 11.1 Å². The van der Waals surface area contributed by atoms with Crippen LogP contribution in [0.1, 0.15) is 43.9 Å². The zero-order valence-corrected chi connectivity index (χ0v) is 23.5. The molecule has 208 valence electrons. The first-order chi connectivity index (χ1) is 17.7. The van der Waals surface area contributed by atoms with Crippen LogP contribution in [0.3, 0.4) is 0 Å². The number of nitrogens with two attached hydrogens (primary N) is 1. The third kappa shape index (κ3) is 11.1. The molecule has 0 aliphatic carbocycles. The van der Waals surface area contributed by atoms with Crippen molar-refractivity contribution < 1.29 is 32.2 Å². The Morgan fingerprint density at radius 3 is 2.34 bits per heavy atom. The Labute approximate surface area is 233 Å². The maximum Gasteiger partial charge on any atom is 0.331 e. The van der Waals surface area contributed by atoms with Crippen molar-refractivity contribution in [3.05, 3.63) is 74.4 Å². The Hall–Kier alpha value is -2.51. The first kappa shape index (κ1) is 31.7. The summed E-state index contributed by atoms with van der Waals surface area (Å²) in [5.41, 5.74) is 5.50. The molecule has 2 aromatic rings. The lowest BCUT2D eigenvalue weighted by Gasteiger charge is -2.26. The lowest BCUT2D eigenvalue weighted by molar-refractivity contribution is -0.157. The van der Waals surface area contributed by atoms with Crippen LogP contribution in [0.5, 0.6) is 0 Å². The maximum atomic E-state index is 14.6. The third-order valence-electron chi connectivity index (χ3n) is 5.39. The van der Waals surface area contributed by atoms with Crippen LogP contribution in [0.4, 0.5) is 17.6 Å². The van der Waals surface area contributed by atoms with Gasteiger partial charge in [-0.05, 0) is 85.7 Å². The Balaban J connectivity index is 2.08. The van der Waals surface area contributed by atoms with E-state index in [1.165, 1.54) is 0 Å². The van der Waals surface area contributed by atoms with Crippen LogP contribution in [-0.4, -0.2) is 42.1 Å². The van der Waals surface area contributed by atoms with Crippen molar-refractivity contribution in [2.45, 2.75) is 58.4 Å². The van der Waals surface area contributed by atoms with Crippen LogP contribution in [0.2, 0.25) is 0 Å². The molecule has 0 unspecified atom stereocenters. The molecule has 6 nitrogen and oxygen atoms in total. The summed E-state index contributed by atoms with van der Waals surface area (Å²) in [5.74, 6) is -2.75. The van der Waals surface area contributed by atoms with Gasteiger partial charge in [-0.3, -0.25) is 4.79 Å². The number of allylic oxidation sites excluding steroid dienone is 1. The number of carbonyl (C=O) groups excluding carboxylic acids is 1. The summed E-state index contributed by atoms with van der Waals surface area (Å²) < 4.78 is 59.9. The molecular weight excluding hydrogens is 617 g/mol. The summed E-state index contributed by atoms with van der Waals surface area (Å²) in [6.07, 6.45) is 1.13. The number of halogens is 5. The predicted molar refractivity (Wildman–Crippen MR) is 148 cm³/mol. The second-order valence-corrected chi connectivity index (χ2v) is 10.9. The van der Waals surface area contributed by atoms with Gasteiger partial charge in [0.1, 0.15) is 17.2 Å². The van der Waals surface area contributed by atoms with Crippen LogP contribution in [0.15, 0.2) is 47.5 Å². The minimum Gasteiger partial charge on any atom is -0.460 e. The van der Waals surface area contributed by atoms with Crippen LogP contribution >= 0.6 is 22.6 Å². The molecule has 38 heavy (non-hydrogen) atoms. The summed E-state index contributed by atoms with van der Waals surface area (Å²) in [6, 6.07) is 9.65. The summed E-state index contributed by atoms with van der Waals surface area (Å²) >= 11 is 2.18. The van der Waals surface area contributed by atoms with Crippen molar-refractivity contribution in [3.63, 3.8) is 0 Å². The molecule has 0 radical (unpaired) electrons. The molecule has 0 bridgehead atoms. The number of alkyl halides is 2. The highest BCUT2D eigenvalue weighted by molar-refractivity contribution is 14.1. The number of nitrogens with zero attached hydrogens (tertiary/aromatic N) is 1. The zero-order chi connectivity index (χ0) is 28.5. The first-order valence-electron chi connectivity index (χ1n) is 11.9. The molecule has 0 spiro atoms. The fourth-order valence-corrected chi connectivity index (χ4v) is 3.96. The van der Waals surface area contributed by atoms with E-state index in [0.29, 0.717) is 6.42 Å². The van der Waals surface area contributed by atoms with Gasteiger partial charge in [0.2, 0.25) is 0 Å². The minimum atomic E-state index is -2.92. The average Bonchev–Trinajstić information content (AvgIpc) is 2.80. The SMILES string of the molecule is CC(C)(C)OC(=O)C[C@@H](Cc1ccc(I)cc1)[C@@H](O)CNCc1c(F)cc(C(N)=CC=NC(F)F)cc1F. The number of aliphatic imine (C=N–C) groups is 1. The van der Waals surface area contributed by atoms with E-state index in [9.17, 15) is 27.5 Å². The number of esters is 1. The Kier molecular flexibility index (Phi) is 12.2. The first-order valence-corrected chi connectivity index (χ1v) is 12.9. The van der Waals surface area contributed by atoms with Crippen LogP contribution in [0, 0.1) is 21.1 Å². The molecule has 2 rings (SSSR count). The number of carbonyl (C=O) groups is 1. The average molecular weight is 649 g/mol. The molecule has 0 aliphatic rings. The second-order valence-electron chi connectivity index (χ2n) is 9.70. The molecule has 0 aromatic heterocycles. The molecular formula is C27H32F4IN3O3. The molecule has 0 saturated heterocycles. The number of nitrogens with one attached hydrogen (secondary N) is 1. The number of hydrogen-bond donors (Lipinski definition) is 3. The minimum absolute atomic E-state index is 0.0283. The van der Waals surface area contributed by atoms with E-state index >= 15 is 0 Å². The van der Waals surface area contributed by atoms with Gasteiger partial charge in [-0.2, -0.15) is 8.78 Å². The number of ether oxygens (including phenoxy) is 1. The molecule has 4 N–H and O–H groups in total. The van der Waals surface area contributed by atoms with Gasteiger partial charge in [0.25, 0.3) is 0 Å². The fraction of sp³-hybridized carbons (Fsp3) is 0.407. The Bertz CT molecular complexity index is 1110. The van der Waals surface area contributed by atoms with E-state index in [0.717, 1.165) is 33.6 Å². The lowest BCUT2D eigenvalue weighted by Crippen LogP contribution is -2.36. The van der Waals surface area contributed by atoms with Gasteiger partial charge in [0, 0.05) is 45.6 Å². The highest BCUT2D eigenvalue weighted by atomic mass is 127. The van der Waals surface area contributed by atoms with E-state index in [1.54, 1.807) is 20.8 Å². The van der Waals surface area contributed by atoms with Gasteiger partial charge < -0.3 is 20.9 Å². The second kappa shape index (κ2) is 14.6. The molecule has 11 heteroatoms. The number of hydrogen-bond acceptors (Lipinski definition) is 6. The van der Waals surface area contributed by atoms with E-state index in [-0.39, 0.29) is 36.3 Å². The topological polar surface area (TPSA) is 96.9 Å². The molecule has 2 aromatic carbocycles. The zero-order valence-electron chi connectivity index (χ0n) is 21.4. The molecule has 2 atom stereocenters. The van der Waals surface area contributed by atoms with Crippen LogP contribution in [-0.2, 0) is 22.5 Å². The van der Waals surface area contributed by atoms with Gasteiger partial charge in [0.05, 0.1) is 12.5 Å². The summed E-state index contributed by atoms with van der Waals surface area (Å²) in [6.45, 7) is 2.07. The van der Waals surface area contributed by atoms with Gasteiger partial charge in [0.15, 0.2) is 0 Å². The number of aliphatic hydroxyl groups excluding tert-OH is 1. The van der Waals surface area contributed by atoms with Gasteiger partial charge in [-0.1, -0.05) is 12.1 Å². The fourth-order valence-electron chi connectivity index (χ4n) is 3.60. The van der Waals surface area contributed by atoms with Gasteiger partial charge in [-0.15, -0.1) is 0 Å². The van der Waals surface area contributed by atoms with E-state index < -0.39 is 41.8 Å². The van der Waals surface area contributed by atoms with Crippen molar-refractivity contribution in [2.75, 3.05) is 6.54 Å². The van der Waals surface area contributed by atoms with Crippen molar-refractivity contribution in [3.8, 4) is 0 Å². The predicted octanol–water partition coefficient (Wildman–Crippen LogP) is 5.20. The van der Waals surface area contributed by atoms with Crippen LogP contribution in [0.25, 0.3) is 5.70 Å². The number of benzene rings is 2. The standard InChI is InChI=1S/C27H32F4IN3O3/c1-27(2,3)38-25(37)13-18(10-16-4-6-19(32)7-5-16)24(36)15-34-14-20-21(28)11-17(12-22(20)29)23(33)8-9-35-26(30)31/h4-9,11-12,18,24,26,34,36H,10,13-15,33H2,1-3H3/t18-,24+/m1/s1. The smallest absolute Gasteiger partial charge is 0.331 e. The third-order valence-corrected chi connectivity index (χ3v) is 6.11. The van der Waals surface area contributed by atoms with E-state index in [2.05, 4.69) is 32.9 Å². The summed E-state index contributed by atoms with van der Waals surface area (Å²) in [5, 5.41) is 13.7. The number of rotatable bonds is 12. The quantitative estimate of drug-likeness (QED) is 0.0966. The normalized spacial score (nSPS) is 14.2. The molecule has 0 saturated carbocycles. The molecule has 0 heterocycles. The van der Waals surface area contributed by atoms with E-state index in [4.69, 9.17) is 10.5 Å². The van der Waals surface area contributed by atoms with Gasteiger partial charge >= 0.3 is 12.5 Å². The molecule has 0 aliphatic heterocycles. The monoisotopic (exact) mass is 649 g/mol. The maximum absolute atomic E-state index is 14.6. The van der Waals surface area contributed by atoms with E-state index in [1.807, 2.05) is 24.3 Å². The largest absolute Gasteiger partial charge is 0.460 e. The Morgan fingerprint density at radius 2 is 1.79 bits per heavy atom. The lowest BCUT2D eigenvalue weighted by atomic mass is 9.90. The molecule has 0 amide bonds. The molecule has 0 fully saturated rings. The van der Waals surface area contributed by atoms with Crippen molar-refractivity contribution in [1.29, 1.82) is 0 Å². The summed E-state index contributed by atoms with van der Waals surface area (Å²) in [7, 11) is 0. The highest BCUT2D eigenvalue weighted by Crippen LogP contribution is 2.22. The van der Waals surface area contributed by atoms with Crippen molar-refractivity contribution in [1.82, 2.24) is 5.32 Å². The number of aliphatic hydroxyl groups is 1. The Morgan fingerprint density at radius 1 is 1.18 bits per heavy atom. The van der Waals surface area contributed by atoms with Gasteiger partial charge in [-0.25, -0.2) is 13.8 Å². The van der Waals surface area contributed by atoms with Crippen molar-refractivity contribution >= 4 is 40.5 Å². The van der Waals surface area contributed by atoms with Crippen molar-refractivity contribution in [2.24, 2.45) is 16.6 Å². The summed E-state index contributed by atoms with van der Waals surface area (Å²) in [4.78, 5) is 15.3. The highest BCUT2D eigenvalue weighted by Gasteiger charge is 2.26.